The van der Waals surface area contributed by atoms with Gasteiger partial charge in [-0.2, -0.15) is 0 Å². The number of nitrogen functional groups attached to an aromatic ring is 1. The van der Waals surface area contributed by atoms with Gasteiger partial charge < -0.3 is 10.2 Å². The SMILES string of the molecule is Cc1c(N)cccc1-c1nc2ccc(F)cc2o1. The zero-order valence-electron chi connectivity index (χ0n) is 9.77. The van der Waals surface area contributed by atoms with Crippen LogP contribution in [0.5, 0.6) is 0 Å². The summed E-state index contributed by atoms with van der Waals surface area (Å²) in [4.78, 5) is 4.34. The second-order valence-electron chi connectivity index (χ2n) is 4.15. The topological polar surface area (TPSA) is 52.0 Å². The van der Waals surface area contributed by atoms with E-state index in [0.717, 1.165) is 11.1 Å². The highest BCUT2D eigenvalue weighted by Crippen LogP contribution is 2.29. The summed E-state index contributed by atoms with van der Waals surface area (Å²) in [5.41, 5.74) is 9.33. The Hall–Kier alpha value is -2.36. The van der Waals surface area contributed by atoms with Gasteiger partial charge in [-0.25, -0.2) is 9.37 Å². The number of nitrogens with zero attached hydrogens (tertiary/aromatic N) is 1. The molecular weight excluding hydrogens is 231 g/mol. The number of hydrogen-bond donors (Lipinski definition) is 1. The summed E-state index contributed by atoms with van der Waals surface area (Å²) in [6.45, 7) is 1.90. The van der Waals surface area contributed by atoms with E-state index in [9.17, 15) is 4.39 Å². The minimum absolute atomic E-state index is 0.338. The van der Waals surface area contributed by atoms with E-state index >= 15 is 0 Å². The van der Waals surface area contributed by atoms with Crippen molar-refractivity contribution in [3.8, 4) is 11.5 Å². The number of fused-ring (bicyclic) bond motifs is 1. The third-order valence-electron chi connectivity index (χ3n) is 2.96. The Morgan fingerprint density at radius 3 is 2.89 bits per heavy atom. The van der Waals surface area contributed by atoms with E-state index in [1.807, 2.05) is 25.1 Å². The standard InChI is InChI=1S/C14H11FN2O/c1-8-10(3-2-4-11(8)16)14-17-12-6-5-9(15)7-13(12)18-14/h2-7H,16H2,1H3. The molecule has 2 aromatic carbocycles. The van der Waals surface area contributed by atoms with E-state index in [0.29, 0.717) is 22.7 Å². The van der Waals surface area contributed by atoms with Gasteiger partial charge in [0.1, 0.15) is 11.3 Å². The summed E-state index contributed by atoms with van der Waals surface area (Å²) in [7, 11) is 0. The first-order valence-corrected chi connectivity index (χ1v) is 5.57. The molecule has 0 saturated heterocycles. The Balaban J connectivity index is 2.22. The summed E-state index contributed by atoms with van der Waals surface area (Å²) in [5, 5.41) is 0. The van der Waals surface area contributed by atoms with E-state index in [4.69, 9.17) is 10.2 Å². The molecule has 3 aromatic rings. The molecule has 0 fully saturated rings. The van der Waals surface area contributed by atoms with Gasteiger partial charge in [0.25, 0.3) is 0 Å². The van der Waals surface area contributed by atoms with Crippen LogP contribution < -0.4 is 5.73 Å². The molecule has 0 saturated carbocycles. The maximum atomic E-state index is 13.1. The number of anilines is 1. The summed E-state index contributed by atoms with van der Waals surface area (Å²) in [6.07, 6.45) is 0. The van der Waals surface area contributed by atoms with Crippen LogP contribution in [0.25, 0.3) is 22.6 Å². The molecule has 90 valence electrons. The van der Waals surface area contributed by atoms with Crippen LogP contribution in [0.15, 0.2) is 40.8 Å². The number of halogens is 1. The fourth-order valence-corrected chi connectivity index (χ4v) is 1.90. The van der Waals surface area contributed by atoms with Crippen molar-refractivity contribution in [3.05, 3.63) is 47.8 Å². The molecule has 0 unspecified atom stereocenters. The van der Waals surface area contributed by atoms with Gasteiger partial charge in [-0.05, 0) is 36.8 Å². The summed E-state index contributed by atoms with van der Waals surface area (Å²) >= 11 is 0. The number of hydrogen-bond acceptors (Lipinski definition) is 3. The lowest BCUT2D eigenvalue weighted by atomic mass is 10.1. The van der Waals surface area contributed by atoms with Crippen molar-refractivity contribution >= 4 is 16.8 Å². The number of oxazole rings is 1. The van der Waals surface area contributed by atoms with E-state index in [1.54, 1.807) is 6.07 Å². The van der Waals surface area contributed by atoms with Gasteiger partial charge in [0.15, 0.2) is 5.58 Å². The average molecular weight is 242 g/mol. The van der Waals surface area contributed by atoms with Crippen LogP contribution in [0.3, 0.4) is 0 Å². The average Bonchev–Trinajstić information content (AvgIpc) is 2.75. The monoisotopic (exact) mass is 242 g/mol. The molecule has 4 heteroatoms. The Morgan fingerprint density at radius 2 is 2.06 bits per heavy atom. The van der Waals surface area contributed by atoms with Crippen molar-refractivity contribution in [1.82, 2.24) is 4.98 Å². The number of rotatable bonds is 1. The fraction of sp³-hybridized carbons (Fsp3) is 0.0714. The first-order valence-electron chi connectivity index (χ1n) is 5.57. The van der Waals surface area contributed by atoms with Crippen LogP contribution in [0.2, 0.25) is 0 Å². The fourth-order valence-electron chi connectivity index (χ4n) is 1.90. The van der Waals surface area contributed by atoms with Gasteiger partial charge >= 0.3 is 0 Å². The van der Waals surface area contributed by atoms with Gasteiger partial charge in [0.2, 0.25) is 5.89 Å². The van der Waals surface area contributed by atoms with Gasteiger partial charge in [-0.3, -0.25) is 0 Å². The normalized spacial score (nSPS) is 11.0. The van der Waals surface area contributed by atoms with E-state index < -0.39 is 0 Å². The van der Waals surface area contributed by atoms with Crippen LogP contribution in [-0.4, -0.2) is 4.98 Å². The Morgan fingerprint density at radius 1 is 1.22 bits per heavy atom. The smallest absolute Gasteiger partial charge is 0.227 e. The lowest BCUT2D eigenvalue weighted by Gasteiger charge is -2.03. The molecule has 3 rings (SSSR count). The third kappa shape index (κ3) is 1.62. The molecule has 1 aromatic heterocycles. The molecule has 0 aliphatic carbocycles. The predicted molar refractivity (Wildman–Crippen MR) is 68.6 cm³/mol. The third-order valence-corrected chi connectivity index (χ3v) is 2.96. The van der Waals surface area contributed by atoms with E-state index in [-0.39, 0.29) is 5.82 Å². The highest BCUT2D eigenvalue weighted by molar-refractivity contribution is 5.78. The highest BCUT2D eigenvalue weighted by atomic mass is 19.1. The highest BCUT2D eigenvalue weighted by Gasteiger charge is 2.12. The summed E-state index contributed by atoms with van der Waals surface area (Å²) < 4.78 is 18.6. The van der Waals surface area contributed by atoms with Crippen molar-refractivity contribution in [2.45, 2.75) is 6.92 Å². The van der Waals surface area contributed by atoms with Crippen LogP contribution in [0, 0.1) is 12.7 Å². The van der Waals surface area contributed by atoms with Gasteiger partial charge in [-0.1, -0.05) is 6.07 Å². The molecule has 2 N–H and O–H groups in total. The van der Waals surface area contributed by atoms with Crippen molar-refractivity contribution in [3.63, 3.8) is 0 Å². The number of benzene rings is 2. The lowest BCUT2D eigenvalue weighted by Crippen LogP contribution is -1.91. The molecule has 0 aliphatic heterocycles. The number of nitrogens with two attached hydrogens (primary N) is 1. The van der Waals surface area contributed by atoms with Crippen LogP contribution >= 0.6 is 0 Å². The van der Waals surface area contributed by atoms with Crippen molar-refractivity contribution in [1.29, 1.82) is 0 Å². The zero-order valence-corrected chi connectivity index (χ0v) is 9.77. The van der Waals surface area contributed by atoms with Crippen molar-refractivity contribution < 1.29 is 8.81 Å². The maximum absolute atomic E-state index is 13.1. The molecular formula is C14H11FN2O. The molecule has 0 atom stereocenters. The van der Waals surface area contributed by atoms with Crippen LogP contribution in [-0.2, 0) is 0 Å². The molecule has 18 heavy (non-hydrogen) atoms. The van der Waals surface area contributed by atoms with Gasteiger partial charge in [-0.15, -0.1) is 0 Å². The summed E-state index contributed by atoms with van der Waals surface area (Å²) in [6, 6.07) is 9.83. The predicted octanol–water partition coefficient (Wildman–Crippen LogP) is 3.52. The second kappa shape index (κ2) is 3.84. The molecule has 0 amide bonds. The molecule has 3 nitrogen and oxygen atoms in total. The molecule has 0 bridgehead atoms. The van der Waals surface area contributed by atoms with Crippen LogP contribution in [0.4, 0.5) is 10.1 Å². The lowest BCUT2D eigenvalue weighted by molar-refractivity contribution is 0.602. The minimum Gasteiger partial charge on any atom is -0.436 e. The Labute approximate surface area is 103 Å². The Kier molecular flexibility index (Phi) is 2.30. The van der Waals surface area contributed by atoms with Gasteiger partial charge in [0.05, 0.1) is 0 Å². The Bertz CT molecular complexity index is 734. The molecule has 0 radical (unpaired) electrons. The largest absolute Gasteiger partial charge is 0.436 e. The first-order chi connectivity index (χ1) is 8.65. The van der Waals surface area contributed by atoms with Crippen molar-refractivity contribution in [2.75, 3.05) is 5.73 Å². The zero-order chi connectivity index (χ0) is 12.7. The van der Waals surface area contributed by atoms with Gasteiger partial charge in [0, 0.05) is 17.3 Å². The minimum atomic E-state index is -0.338. The van der Waals surface area contributed by atoms with E-state index in [2.05, 4.69) is 4.98 Å². The maximum Gasteiger partial charge on any atom is 0.227 e. The first kappa shape index (κ1) is 10.8. The van der Waals surface area contributed by atoms with Crippen molar-refractivity contribution in [2.24, 2.45) is 0 Å². The quantitative estimate of drug-likeness (QED) is 0.664. The summed E-state index contributed by atoms with van der Waals surface area (Å²) in [5.74, 6) is 0.120. The second-order valence-corrected chi connectivity index (χ2v) is 4.15. The van der Waals surface area contributed by atoms with E-state index in [1.165, 1.54) is 12.1 Å². The molecule has 1 heterocycles. The molecule has 0 aliphatic rings. The van der Waals surface area contributed by atoms with Crippen LogP contribution in [0.1, 0.15) is 5.56 Å². The number of aromatic nitrogens is 1. The molecule has 0 spiro atoms.